The summed E-state index contributed by atoms with van der Waals surface area (Å²) < 4.78 is 1.69. The SMILES string of the molecule is OCC1CCCC1Nc1nnnn1-c1ccccc1. The van der Waals surface area contributed by atoms with Gasteiger partial charge in [0.25, 0.3) is 0 Å². The summed E-state index contributed by atoms with van der Waals surface area (Å²) in [6.07, 6.45) is 3.24. The van der Waals surface area contributed by atoms with Crippen molar-refractivity contribution >= 4 is 5.95 Å². The molecule has 0 radical (unpaired) electrons. The number of anilines is 1. The highest BCUT2D eigenvalue weighted by atomic mass is 16.3. The van der Waals surface area contributed by atoms with Crippen molar-refractivity contribution in [3.05, 3.63) is 30.3 Å². The maximum Gasteiger partial charge on any atom is 0.247 e. The van der Waals surface area contributed by atoms with Crippen molar-refractivity contribution in [2.75, 3.05) is 11.9 Å². The second-order valence-electron chi connectivity index (χ2n) is 4.87. The maximum absolute atomic E-state index is 9.35. The molecule has 0 aliphatic heterocycles. The first-order valence-electron chi connectivity index (χ1n) is 6.59. The minimum absolute atomic E-state index is 0.213. The van der Waals surface area contributed by atoms with Gasteiger partial charge >= 0.3 is 0 Å². The predicted octanol–water partition coefficient (Wildman–Crippen LogP) is 1.24. The normalized spacial score (nSPS) is 22.6. The first kappa shape index (κ1) is 12.1. The van der Waals surface area contributed by atoms with E-state index in [-0.39, 0.29) is 12.6 Å². The van der Waals surface area contributed by atoms with Crippen LogP contribution in [-0.4, -0.2) is 38.0 Å². The standard InChI is InChI=1S/C13H17N5O/c19-9-10-5-4-8-12(10)14-13-15-16-17-18(13)11-6-2-1-3-7-11/h1-3,6-7,10,12,19H,4-5,8-9H2,(H,14,15,17). The molecule has 2 atom stereocenters. The van der Waals surface area contributed by atoms with Gasteiger partial charge in [0.2, 0.25) is 5.95 Å². The van der Waals surface area contributed by atoms with Gasteiger partial charge in [-0.25, -0.2) is 0 Å². The van der Waals surface area contributed by atoms with E-state index in [0.717, 1.165) is 24.9 Å². The second-order valence-corrected chi connectivity index (χ2v) is 4.87. The van der Waals surface area contributed by atoms with E-state index in [4.69, 9.17) is 0 Å². The Labute approximate surface area is 111 Å². The van der Waals surface area contributed by atoms with Crippen LogP contribution >= 0.6 is 0 Å². The molecule has 0 bridgehead atoms. The number of aromatic nitrogens is 4. The summed E-state index contributed by atoms with van der Waals surface area (Å²) in [6, 6.07) is 10.0. The largest absolute Gasteiger partial charge is 0.396 e. The van der Waals surface area contributed by atoms with Crippen LogP contribution in [0.15, 0.2) is 30.3 Å². The summed E-state index contributed by atoms with van der Waals surface area (Å²) >= 11 is 0. The second kappa shape index (κ2) is 5.36. The third kappa shape index (κ3) is 2.44. The van der Waals surface area contributed by atoms with Gasteiger partial charge in [-0.3, -0.25) is 0 Å². The molecule has 19 heavy (non-hydrogen) atoms. The Morgan fingerprint density at radius 1 is 1.26 bits per heavy atom. The number of rotatable bonds is 4. The van der Waals surface area contributed by atoms with Gasteiger partial charge in [-0.05, 0) is 35.4 Å². The van der Waals surface area contributed by atoms with E-state index in [1.54, 1.807) is 4.68 Å². The monoisotopic (exact) mass is 259 g/mol. The first-order chi connectivity index (χ1) is 9.38. The van der Waals surface area contributed by atoms with Crippen LogP contribution in [0.1, 0.15) is 19.3 Å². The van der Waals surface area contributed by atoms with Gasteiger partial charge in [0.15, 0.2) is 0 Å². The van der Waals surface area contributed by atoms with Gasteiger partial charge in [-0.15, -0.1) is 0 Å². The molecule has 6 heteroatoms. The molecule has 1 aromatic heterocycles. The summed E-state index contributed by atoms with van der Waals surface area (Å²) in [5.74, 6) is 0.928. The van der Waals surface area contributed by atoms with Crippen molar-refractivity contribution in [1.82, 2.24) is 20.2 Å². The topological polar surface area (TPSA) is 75.9 Å². The molecule has 100 valence electrons. The summed E-state index contributed by atoms with van der Waals surface area (Å²) in [5.41, 5.74) is 0.925. The van der Waals surface area contributed by atoms with Gasteiger partial charge in [0.05, 0.1) is 5.69 Å². The molecular formula is C13H17N5O. The summed E-state index contributed by atoms with van der Waals surface area (Å²) in [5, 5.41) is 24.5. The van der Waals surface area contributed by atoms with Gasteiger partial charge in [-0.1, -0.05) is 29.7 Å². The van der Waals surface area contributed by atoms with Crippen molar-refractivity contribution < 1.29 is 5.11 Å². The lowest BCUT2D eigenvalue weighted by molar-refractivity contribution is 0.222. The Hall–Kier alpha value is -1.95. The molecule has 1 aromatic carbocycles. The molecule has 1 fully saturated rings. The smallest absolute Gasteiger partial charge is 0.247 e. The molecule has 3 rings (SSSR count). The third-order valence-electron chi connectivity index (χ3n) is 3.68. The number of benzene rings is 1. The number of nitrogens with one attached hydrogen (secondary N) is 1. The first-order valence-corrected chi connectivity index (χ1v) is 6.59. The van der Waals surface area contributed by atoms with E-state index < -0.39 is 0 Å². The highest BCUT2D eigenvalue weighted by molar-refractivity contribution is 5.39. The third-order valence-corrected chi connectivity index (χ3v) is 3.68. The van der Waals surface area contributed by atoms with Crippen LogP contribution in [0, 0.1) is 5.92 Å². The van der Waals surface area contributed by atoms with E-state index >= 15 is 0 Å². The fourth-order valence-electron chi connectivity index (χ4n) is 2.63. The molecular weight excluding hydrogens is 242 g/mol. The zero-order valence-electron chi connectivity index (χ0n) is 10.6. The molecule has 2 unspecified atom stereocenters. The van der Waals surface area contributed by atoms with Crippen LogP contribution in [0.3, 0.4) is 0 Å². The molecule has 2 N–H and O–H groups in total. The predicted molar refractivity (Wildman–Crippen MR) is 71.0 cm³/mol. The van der Waals surface area contributed by atoms with Crippen molar-refractivity contribution in [1.29, 1.82) is 0 Å². The molecule has 1 heterocycles. The van der Waals surface area contributed by atoms with Gasteiger partial charge in [0, 0.05) is 18.6 Å². The number of aliphatic hydroxyl groups excluding tert-OH is 1. The Balaban J connectivity index is 1.81. The fraction of sp³-hybridized carbons (Fsp3) is 0.462. The number of aliphatic hydroxyl groups is 1. The van der Waals surface area contributed by atoms with Crippen LogP contribution in [0.5, 0.6) is 0 Å². The Morgan fingerprint density at radius 3 is 2.89 bits per heavy atom. The molecule has 2 aromatic rings. The zero-order valence-corrected chi connectivity index (χ0v) is 10.6. The molecule has 1 aliphatic rings. The van der Waals surface area contributed by atoms with E-state index in [2.05, 4.69) is 20.8 Å². The Bertz CT molecular complexity index is 527. The van der Waals surface area contributed by atoms with Crippen LogP contribution in [0.25, 0.3) is 5.69 Å². The Kier molecular flexibility index (Phi) is 3.41. The number of hydrogen-bond donors (Lipinski definition) is 2. The van der Waals surface area contributed by atoms with E-state index in [9.17, 15) is 5.11 Å². The number of tetrazole rings is 1. The lowest BCUT2D eigenvalue weighted by Crippen LogP contribution is -2.27. The van der Waals surface area contributed by atoms with Gasteiger partial charge in [-0.2, -0.15) is 4.68 Å². The highest BCUT2D eigenvalue weighted by Gasteiger charge is 2.27. The minimum atomic E-state index is 0.213. The lowest BCUT2D eigenvalue weighted by Gasteiger charge is -2.19. The average Bonchev–Trinajstić information content (AvgIpc) is 3.09. The number of para-hydroxylation sites is 1. The molecule has 0 spiro atoms. The molecule has 6 nitrogen and oxygen atoms in total. The van der Waals surface area contributed by atoms with Crippen molar-refractivity contribution in [2.24, 2.45) is 5.92 Å². The fourth-order valence-corrected chi connectivity index (χ4v) is 2.63. The van der Waals surface area contributed by atoms with Crippen LogP contribution in [0.2, 0.25) is 0 Å². The van der Waals surface area contributed by atoms with E-state index in [0.29, 0.717) is 11.9 Å². The van der Waals surface area contributed by atoms with Gasteiger partial charge < -0.3 is 10.4 Å². The molecule has 0 amide bonds. The summed E-state index contributed by atoms with van der Waals surface area (Å²) in [6.45, 7) is 0.213. The summed E-state index contributed by atoms with van der Waals surface area (Å²) in [4.78, 5) is 0. The summed E-state index contributed by atoms with van der Waals surface area (Å²) in [7, 11) is 0. The molecule has 1 aliphatic carbocycles. The van der Waals surface area contributed by atoms with Crippen LogP contribution < -0.4 is 5.32 Å². The quantitative estimate of drug-likeness (QED) is 0.864. The van der Waals surface area contributed by atoms with Crippen LogP contribution in [0.4, 0.5) is 5.95 Å². The average molecular weight is 259 g/mol. The number of hydrogen-bond acceptors (Lipinski definition) is 5. The lowest BCUT2D eigenvalue weighted by atomic mass is 10.1. The van der Waals surface area contributed by atoms with Crippen molar-refractivity contribution in [3.8, 4) is 5.69 Å². The molecule has 1 saturated carbocycles. The Morgan fingerprint density at radius 2 is 2.11 bits per heavy atom. The number of nitrogens with zero attached hydrogens (tertiary/aromatic N) is 4. The van der Waals surface area contributed by atoms with E-state index in [1.165, 1.54) is 0 Å². The van der Waals surface area contributed by atoms with E-state index in [1.807, 2.05) is 30.3 Å². The molecule has 0 saturated heterocycles. The van der Waals surface area contributed by atoms with Crippen molar-refractivity contribution in [3.63, 3.8) is 0 Å². The van der Waals surface area contributed by atoms with Crippen LogP contribution in [-0.2, 0) is 0 Å². The van der Waals surface area contributed by atoms with Gasteiger partial charge in [0.1, 0.15) is 0 Å². The minimum Gasteiger partial charge on any atom is -0.396 e. The van der Waals surface area contributed by atoms with Crippen molar-refractivity contribution in [2.45, 2.75) is 25.3 Å². The highest BCUT2D eigenvalue weighted by Crippen LogP contribution is 2.27. The maximum atomic E-state index is 9.35. The zero-order chi connectivity index (χ0) is 13.1.